The Morgan fingerprint density at radius 3 is 2.62 bits per heavy atom. The highest BCUT2D eigenvalue weighted by molar-refractivity contribution is 6.07. The second kappa shape index (κ2) is 6.62. The summed E-state index contributed by atoms with van der Waals surface area (Å²) < 4.78 is 7.31. The van der Waals surface area contributed by atoms with E-state index in [2.05, 4.69) is 15.4 Å². The quantitative estimate of drug-likeness (QED) is 0.727. The van der Waals surface area contributed by atoms with Gasteiger partial charge >= 0.3 is 5.97 Å². The summed E-state index contributed by atoms with van der Waals surface area (Å²) in [6.45, 7) is 7.16. The third-order valence-corrected chi connectivity index (χ3v) is 4.02. The first-order chi connectivity index (χ1) is 12.3. The third kappa shape index (κ3) is 3.17. The maximum atomic E-state index is 12.6. The highest BCUT2D eigenvalue weighted by Gasteiger charge is 2.20. The minimum absolute atomic E-state index is 0.0531. The Bertz CT molecular complexity index is 1000. The van der Waals surface area contributed by atoms with E-state index in [4.69, 9.17) is 9.52 Å². The molecule has 8 nitrogen and oxygen atoms in total. The van der Waals surface area contributed by atoms with Gasteiger partial charge in [0.05, 0.1) is 22.8 Å². The average molecular weight is 356 g/mol. The van der Waals surface area contributed by atoms with Gasteiger partial charge < -0.3 is 14.8 Å². The van der Waals surface area contributed by atoms with Crippen LogP contribution in [-0.4, -0.2) is 38.3 Å². The minimum atomic E-state index is -1.11. The lowest BCUT2D eigenvalue weighted by Gasteiger charge is -2.10. The van der Waals surface area contributed by atoms with Crippen molar-refractivity contribution in [2.75, 3.05) is 6.54 Å². The van der Waals surface area contributed by atoms with Crippen LogP contribution in [0.15, 0.2) is 22.7 Å². The molecule has 0 saturated heterocycles. The molecule has 0 aliphatic carbocycles. The van der Waals surface area contributed by atoms with Crippen molar-refractivity contribution in [3.8, 4) is 11.3 Å². The number of nitrogens with one attached hydrogen (secondary N) is 1. The minimum Gasteiger partial charge on any atom is -0.480 e. The fraction of sp³-hybridized carbons (Fsp3) is 0.333. The highest BCUT2D eigenvalue weighted by Crippen LogP contribution is 2.29. The maximum absolute atomic E-state index is 12.6. The van der Waals surface area contributed by atoms with E-state index in [9.17, 15) is 9.59 Å². The molecule has 3 heterocycles. The molecule has 0 unspecified atom stereocenters. The number of nitrogens with zero attached hydrogens (tertiary/aromatic N) is 3. The Labute approximate surface area is 149 Å². The van der Waals surface area contributed by atoms with Crippen molar-refractivity contribution in [3.05, 3.63) is 35.4 Å². The molecule has 3 aromatic rings. The number of furan rings is 1. The van der Waals surface area contributed by atoms with Crippen LogP contribution in [0.3, 0.4) is 0 Å². The van der Waals surface area contributed by atoms with Crippen LogP contribution in [0.5, 0.6) is 0 Å². The molecule has 2 N–H and O–H groups in total. The lowest BCUT2D eigenvalue weighted by atomic mass is 10.1. The normalized spacial score (nSPS) is 11.3. The molecule has 0 fully saturated rings. The van der Waals surface area contributed by atoms with Gasteiger partial charge in [0.2, 0.25) is 0 Å². The number of pyridine rings is 1. The molecule has 0 aliphatic heterocycles. The Hall–Kier alpha value is -3.16. The first-order valence-corrected chi connectivity index (χ1v) is 8.23. The molecule has 0 radical (unpaired) electrons. The monoisotopic (exact) mass is 356 g/mol. The summed E-state index contributed by atoms with van der Waals surface area (Å²) in [5.74, 6) is -0.152. The van der Waals surface area contributed by atoms with Crippen molar-refractivity contribution >= 4 is 22.9 Å². The molecule has 136 valence electrons. The molecule has 1 amide bonds. The number of rotatable bonds is 5. The summed E-state index contributed by atoms with van der Waals surface area (Å²) >= 11 is 0. The van der Waals surface area contributed by atoms with Gasteiger partial charge in [-0.2, -0.15) is 5.10 Å². The number of aromatic nitrogens is 3. The number of fused-ring (bicyclic) bond motifs is 1. The van der Waals surface area contributed by atoms with E-state index in [1.54, 1.807) is 16.9 Å². The van der Waals surface area contributed by atoms with Crippen LogP contribution >= 0.6 is 0 Å². The van der Waals surface area contributed by atoms with Crippen LogP contribution < -0.4 is 5.32 Å². The smallest absolute Gasteiger partial charge is 0.322 e. The highest BCUT2D eigenvalue weighted by atomic mass is 16.4. The topological polar surface area (TPSA) is 110 Å². The SMILES string of the molecule is Cc1cc(-c2cc(C(=O)NCC(=O)O)c3cnn(C(C)C)c3n2)c(C)o1. The second-order valence-corrected chi connectivity index (χ2v) is 6.38. The van der Waals surface area contributed by atoms with Crippen molar-refractivity contribution in [1.29, 1.82) is 0 Å². The Kier molecular flexibility index (Phi) is 4.50. The molecule has 0 saturated carbocycles. The van der Waals surface area contributed by atoms with Gasteiger partial charge in [0, 0.05) is 11.6 Å². The lowest BCUT2D eigenvalue weighted by Crippen LogP contribution is -2.29. The number of amides is 1. The van der Waals surface area contributed by atoms with E-state index in [1.807, 2.05) is 33.8 Å². The third-order valence-electron chi connectivity index (χ3n) is 4.02. The maximum Gasteiger partial charge on any atom is 0.322 e. The number of carbonyl (C=O) groups excluding carboxylic acids is 1. The molecule has 0 aliphatic rings. The summed E-state index contributed by atoms with van der Waals surface area (Å²) in [5.41, 5.74) is 2.26. The zero-order valence-electron chi connectivity index (χ0n) is 15.0. The lowest BCUT2D eigenvalue weighted by molar-refractivity contribution is -0.135. The Morgan fingerprint density at radius 2 is 2.04 bits per heavy atom. The number of carboxylic acid groups (broad SMARTS) is 1. The van der Waals surface area contributed by atoms with Gasteiger partial charge in [0.25, 0.3) is 5.91 Å². The van der Waals surface area contributed by atoms with Crippen LogP contribution in [0.2, 0.25) is 0 Å². The first kappa shape index (κ1) is 17.7. The molecule has 8 heteroatoms. The number of hydrogen-bond acceptors (Lipinski definition) is 5. The van der Waals surface area contributed by atoms with Crippen molar-refractivity contribution in [3.63, 3.8) is 0 Å². The molecular weight excluding hydrogens is 336 g/mol. The van der Waals surface area contributed by atoms with Crippen molar-refractivity contribution in [2.24, 2.45) is 0 Å². The van der Waals surface area contributed by atoms with Gasteiger partial charge in [-0.15, -0.1) is 0 Å². The van der Waals surface area contributed by atoms with Gasteiger partial charge in [-0.3, -0.25) is 9.59 Å². The van der Waals surface area contributed by atoms with Gasteiger partial charge in [0.1, 0.15) is 18.1 Å². The fourth-order valence-corrected chi connectivity index (χ4v) is 2.86. The summed E-state index contributed by atoms with van der Waals surface area (Å²) in [7, 11) is 0. The predicted molar refractivity (Wildman–Crippen MR) is 95.1 cm³/mol. The van der Waals surface area contributed by atoms with Crippen LogP contribution in [0, 0.1) is 13.8 Å². The van der Waals surface area contributed by atoms with Gasteiger partial charge in [0.15, 0.2) is 5.65 Å². The van der Waals surface area contributed by atoms with Crippen LogP contribution in [0.25, 0.3) is 22.3 Å². The van der Waals surface area contributed by atoms with E-state index >= 15 is 0 Å². The largest absolute Gasteiger partial charge is 0.480 e. The fourth-order valence-electron chi connectivity index (χ4n) is 2.86. The average Bonchev–Trinajstić information content (AvgIpc) is 3.14. The summed E-state index contributed by atoms with van der Waals surface area (Å²) in [4.78, 5) is 28.0. The molecule has 0 aromatic carbocycles. The number of aryl methyl sites for hydroxylation is 2. The Balaban J connectivity index is 2.20. The van der Waals surface area contributed by atoms with Crippen LogP contribution in [-0.2, 0) is 4.79 Å². The van der Waals surface area contributed by atoms with E-state index in [-0.39, 0.29) is 6.04 Å². The number of hydrogen-bond donors (Lipinski definition) is 2. The summed E-state index contributed by atoms with van der Waals surface area (Å²) in [5, 5.41) is 16.1. The number of aliphatic carboxylic acids is 1. The summed E-state index contributed by atoms with van der Waals surface area (Å²) in [6, 6.07) is 3.55. The Morgan fingerprint density at radius 1 is 1.31 bits per heavy atom. The number of carbonyl (C=O) groups is 2. The van der Waals surface area contributed by atoms with Gasteiger partial charge in [-0.25, -0.2) is 9.67 Å². The van der Waals surface area contributed by atoms with Gasteiger partial charge in [-0.05, 0) is 39.8 Å². The molecule has 3 aromatic heterocycles. The van der Waals surface area contributed by atoms with Crippen molar-refractivity contribution in [2.45, 2.75) is 33.7 Å². The summed E-state index contributed by atoms with van der Waals surface area (Å²) in [6.07, 6.45) is 1.58. The second-order valence-electron chi connectivity index (χ2n) is 6.38. The first-order valence-electron chi connectivity index (χ1n) is 8.23. The molecule has 0 bridgehead atoms. The number of carboxylic acids is 1. The van der Waals surface area contributed by atoms with Gasteiger partial charge in [-0.1, -0.05) is 0 Å². The molecule has 3 rings (SSSR count). The van der Waals surface area contributed by atoms with Crippen molar-refractivity contribution in [1.82, 2.24) is 20.1 Å². The van der Waals surface area contributed by atoms with E-state index in [0.29, 0.717) is 28.1 Å². The van der Waals surface area contributed by atoms with Crippen LogP contribution in [0.1, 0.15) is 41.8 Å². The van der Waals surface area contributed by atoms with Crippen molar-refractivity contribution < 1.29 is 19.1 Å². The van der Waals surface area contributed by atoms with E-state index in [0.717, 1.165) is 11.3 Å². The molecule has 0 atom stereocenters. The molecule has 0 spiro atoms. The van der Waals surface area contributed by atoms with Crippen LogP contribution in [0.4, 0.5) is 0 Å². The molecular formula is C18H20N4O4. The molecule has 26 heavy (non-hydrogen) atoms. The zero-order valence-corrected chi connectivity index (χ0v) is 15.0. The zero-order chi connectivity index (χ0) is 19.0. The van der Waals surface area contributed by atoms with E-state index in [1.165, 1.54) is 0 Å². The standard InChI is InChI=1S/C18H20N4O4/c1-9(2)22-17-14(7-20-22)13(18(25)19-8-16(23)24)6-15(21-17)12-5-10(3)26-11(12)4/h5-7,9H,8H2,1-4H3,(H,19,25)(H,23,24). The predicted octanol–water partition coefficient (Wildman–Crippen LogP) is 2.70. The van der Waals surface area contributed by atoms with E-state index < -0.39 is 18.4 Å².